The number of carboxylic acids is 1. The number of thiophene rings is 1. The third-order valence-corrected chi connectivity index (χ3v) is 7.91. The van der Waals surface area contributed by atoms with E-state index in [1.807, 2.05) is 0 Å². The van der Waals surface area contributed by atoms with E-state index >= 15 is 0 Å². The Bertz CT molecular complexity index is 1310. The van der Waals surface area contributed by atoms with E-state index in [2.05, 4.69) is 34.4 Å². The van der Waals surface area contributed by atoms with Gasteiger partial charge in [0.05, 0.1) is 20.5 Å². The van der Waals surface area contributed by atoms with Crippen LogP contribution in [0.4, 0.5) is 10.1 Å². The highest BCUT2D eigenvalue weighted by molar-refractivity contribution is 7.18. The number of hydrogen-bond donors (Lipinski definition) is 3. The van der Waals surface area contributed by atoms with Crippen molar-refractivity contribution in [1.29, 1.82) is 0 Å². The number of rotatable bonds is 7. The van der Waals surface area contributed by atoms with Gasteiger partial charge >= 0.3 is 5.97 Å². The molecule has 0 fully saturated rings. The molecule has 0 aliphatic carbocycles. The van der Waals surface area contributed by atoms with Crippen LogP contribution in [0, 0.1) is 5.82 Å². The molecule has 3 N–H and O–H groups in total. The first-order chi connectivity index (χ1) is 16.6. The number of carbonyl (C=O) groups is 3. The number of halogens is 3. The van der Waals surface area contributed by atoms with Crippen LogP contribution in [0.25, 0.3) is 0 Å². The minimum absolute atomic E-state index is 0. The second-order valence-corrected chi connectivity index (χ2v) is 11.0. The highest BCUT2D eigenvalue weighted by Crippen LogP contribution is 2.28. The molecule has 0 saturated heterocycles. The van der Waals surface area contributed by atoms with Crippen molar-refractivity contribution in [3.63, 3.8) is 0 Å². The smallest absolute Gasteiger partial charge is 0.335 e. The Morgan fingerprint density at radius 2 is 1.97 bits per heavy atom. The number of nitrogens with zero attached hydrogens (tertiary/aromatic N) is 2. The maximum atomic E-state index is 14.9. The van der Waals surface area contributed by atoms with Crippen LogP contribution in [0.1, 0.15) is 59.8 Å². The number of carbonyl (C=O) groups excluding carboxylic acids is 2. The van der Waals surface area contributed by atoms with Crippen LogP contribution in [0.3, 0.4) is 0 Å². The molecular weight excluding hydrogens is 550 g/mol. The summed E-state index contributed by atoms with van der Waals surface area (Å²) in [4.78, 5) is 44.9. The van der Waals surface area contributed by atoms with Crippen LogP contribution in [0.15, 0.2) is 24.3 Å². The van der Waals surface area contributed by atoms with Crippen LogP contribution in [-0.4, -0.2) is 45.4 Å². The molecule has 1 aliphatic rings. The summed E-state index contributed by atoms with van der Waals surface area (Å²) in [5.41, 5.74) is 0.439. The average Bonchev–Trinajstić information content (AvgIpc) is 3.43. The average molecular weight is 573 g/mol. The Morgan fingerprint density at radius 1 is 1.22 bits per heavy atom. The van der Waals surface area contributed by atoms with E-state index < -0.39 is 23.6 Å². The second kappa shape index (κ2) is 11.7. The van der Waals surface area contributed by atoms with Crippen molar-refractivity contribution in [2.75, 3.05) is 11.9 Å². The lowest BCUT2D eigenvalue weighted by Crippen LogP contribution is -2.35. The van der Waals surface area contributed by atoms with Gasteiger partial charge in [-0.15, -0.1) is 35.1 Å². The van der Waals surface area contributed by atoms with Crippen molar-refractivity contribution in [2.45, 2.75) is 39.4 Å². The van der Waals surface area contributed by atoms with E-state index in [0.29, 0.717) is 21.8 Å². The molecule has 4 rings (SSSR count). The van der Waals surface area contributed by atoms with E-state index in [1.165, 1.54) is 17.4 Å². The second-order valence-electron chi connectivity index (χ2n) is 8.23. The Hall–Kier alpha value is -2.57. The lowest BCUT2D eigenvalue weighted by atomic mass is 10.1. The molecule has 3 aromatic rings. The standard InChI is InChI=1S/C23H22ClFN4O4S2.ClH/c1-11(2)29-6-5-15-18(10-29)35-22(28-15)21(31)27-16-8-12(23(32)33)7-14(25)13(16)9-26-20(30)17-3-4-19(24)34-17;/h3-4,7-8,11H,5-6,9-10H2,1-2H3,(H,26,30)(H,27,31)(H,32,33);1H. The summed E-state index contributed by atoms with van der Waals surface area (Å²) < 4.78 is 15.3. The molecule has 8 nitrogen and oxygen atoms in total. The summed E-state index contributed by atoms with van der Waals surface area (Å²) >= 11 is 8.20. The third kappa shape index (κ3) is 6.22. The molecular formula is C23H23Cl2FN4O4S2. The van der Waals surface area contributed by atoms with Gasteiger partial charge in [0.1, 0.15) is 5.82 Å². The molecule has 2 aromatic heterocycles. The Kier molecular flexibility index (Phi) is 9.07. The van der Waals surface area contributed by atoms with Crippen LogP contribution in [-0.2, 0) is 19.5 Å². The summed E-state index contributed by atoms with van der Waals surface area (Å²) in [6.45, 7) is 5.49. The molecule has 1 aromatic carbocycles. The van der Waals surface area contributed by atoms with Gasteiger partial charge in [-0.05, 0) is 38.1 Å². The first-order valence-corrected chi connectivity index (χ1v) is 12.8. The molecule has 192 valence electrons. The fourth-order valence-corrected chi connectivity index (χ4v) is 5.66. The molecule has 0 atom stereocenters. The summed E-state index contributed by atoms with van der Waals surface area (Å²) in [6.07, 6.45) is 0.727. The Labute approximate surface area is 225 Å². The molecule has 0 radical (unpaired) electrons. The molecule has 13 heteroatoms. The van der Waals surface area contributed by atoms with Crippen molar-refractivity contribution < 1.29 is 23.9 Å². The fraction of sp³-hybridized carbons (Fsp3) is 0.304. The molecule has 2 amide bonds. The Balaban J connectivity index is 0.00000361. The normalized spacial score (nSPS) is 13.1. The predicted molar refractivity (Wildman–Crippen MR) is 140 cm³/mol. The SMILES string of the molecule is CC(C)N1CCc2nc(C(=O)Nc3cc(C(=O)O)cc(F)c3CNC(=O)c3ccc(Cl)s3)sc2C1.Cl. The van der Waals surface area contributed by atoms with E-state index in [0.717, 1.165) is 40.9 Å². The van der Waals surface area contributed by atoms with E-state index in [4.69, 9.17) is 11.6 Å². The zero-order valence-corrected chi connectivity index (χ0v) is 22.5. The van der Waals surface area contributed by atoms with Gasteiger partial charge in [0.2, 0.25) is 0 Å². The molecule has 1 aliphatic heterocycles. The molecule has 3 heterocycles. The van der Waals surface area contributed by atoms with Gasteiger partial charge in [0.25, 0.3) is 11.8 Å². The van der Waals surface area contributed by atoms with Crippen LogP contribution >= 0.6 is 46.7 Å². The van der Waals surface area contributed by atoms with Gasteiger partial charge in [0.15, 0.2) is 5.01 Å². The summed E-state index contributed by atoms with van der Waals surface area (Å²) in [5, 5.41) is 14.7. The van der Waals surface area contributed by atoms with Crippen molar-refractivity contribution in [3.05, 3.63) is 66.0 Å². The van der Waals surface area contributed by atoms with Crippen molar-refractivity contribution in [2.24, 2.45) is 0 Å². The van der Waals surface area contributed by atoms with Gasteiger partial charge in [-0.25, -0.2) is 14.2 Å². The number of amides is 2. The molecule has 0 saturated carbocycles. The molecule has 0 unspecified atom stereocenters. The number of benzene rings is 1. The lowest BCUT2D eigenvalue weighted by Gasteiger charge is -2.29. The van der Waals surface area contributed by atoms with Crippen molar-refractivity contribution in [1.82, 2.24) is 15.2 Å². The number of aromatic carboxylic acids is 1. The van der Waals surface area contributed by atoms with Gasteiger partial charge in [-0.3, -0.25) is 14.5 Å². The minimum atomic E-state index is -1.35. The highest BCUT2D eigenvalue weighted by Gasteiger charge is 2.25. The Morgan fingerprint density at radius 3 is 2.61 bits per heavy atom. The van der Waals surface area contributed by atoms with Gasteiger partial charge in [0, 0.05) is 48.2 Å². The summed E-state index contributed by atoms with van der Waals surface area (Å²) in [5.74, 6) is -3.25. The topological polar surface area (TPSA) is 112 Å². The molecule has 36 heavy (non-hydrogen) atoms. The van der Waals surface area contributed by atoms with Gasteiger partial charge in [-0.2, -0.15) is 0 Å². The van der Waals surface area contributed by atoms with Gasteiger partial charge < -0.3 is 15.7 Å². The van der Waals surface area contributed by atoms with Gasteiger partial charge in [-0.1, -0.05) is 11.6 Å². The maximum Gasteiger partial charge on any atom is 0.335 e. The number of thiazole rings is 1. The maximum absolute atomic E-state index is 14.9. The number of nitrogens with one attached hydrogen (secondary N) is 2. The summed E-state index contributed by atoms with van der Waals surface area (Å²) in [6, 6.07) is 5.50. The quantitative estimate of drug-likeness (QED) is 0.364. The number of carboxylic acid groups (broad SMARTS) is 1. The van der Waals surface area contributed by atoms with Crippen molar-refractivity contribution >= 4 is 70.2 Å². The summed E-state index contributed by atoms with van der Waals surface area (Å²) in [7, 11) is 0. The lowest BCUT2D eigenvalue weighted by molar-refractivity contribution is 0.0695. The van der Waals surface area contributed by atoms with E-state index in [1.54, 1.807) is 12.1 Å². The largest absolute Gasteiger partial charge is 0.478 e. The van der Waals surface area contributed by atoms with E-state index in [-0.39, 0.29) is 40.8 Å². The van der Waals surface area contributed by atoms with Crippen molar-refractivity contribution in [3.8, 4) is 0 Å². The molecule has 0 spiro atoms. The van der Waals surface area contributed by atoms with E-state index in [9.17, 15) is 23.9 Å². The fourth-order valence-electron chi connectivity index (χ4n) is 3.67. The number of anilines is 1. The zero-order chi connectivity index (χ0) is 25.3. The number of aromatic nitrogens is 1. The number of fused-ring (bicyclic) bond motifs is 1. The third-order valence-electron chi connectivity index (χ3n) is 5.60. The first kappa shape index (κ1) is 28.0. The highest BCUT2D eigenvalue weighted by atomic mass is 35.5. The zero-order valence-electron chi connectivity index (χ0n) is 19.3. The predicted octanol–water partition coefficient (Wildman–Crippen LogP) is 5.07. The van der Waals surface area contributed by atoms with Crippen LogP contribution in [0.5, 0.6) is 0 Å². The minimum Gasteiger partial charge on any atom is -0.478 e. The monoisotopic (exact) mass is 572 g/mol. The first-order valence-electron chi connectivity index (χ1n) is 10.8. The number of hydrogen-bond acceptors (Lipinski definition) is 7. The van der Waals surface area contributed by atoms with Crippen LogP contribution in [0.2, 0.25) is 4.34 Å². The molecule has 0 bridgehead atoms. The van der Waals surface area contributed by atoms with Crippen LogP contribution < -0.4 is 10.6 Å².